The lowest BCUT2D eigenvalue weighted by Crippen LogP contribution is -2.42. The van der Waals surface area contributed by atoms with E-state index < -0.39 is 5.97 Å². The molecular weight excluding hydrogens is 208 g/mol. The third kappa shape index (κ3) is 5.50. The molecule has 0 aromatic rings. The number of aliphatic carboxylic acids is 1. The molecule has 0 spiro atoms. The van der Waals surface area contributed by atoms with E-state index in [0.29, 0.717) is 25.1 Å². The molecule has 0 bridgehead atoms. The maximum atomic E-state index is 11.3. The van der Waals surface area contributed by atoms with Gasteiger partial charge in [-0.2, -0.15) is 0 Å². The number of hydrogen-bond acceptors (Lipinski definition) is 3. The molecule has 0 heterocycles. The second kappa shape index (κ2) is 7.87. The van der Waals surface area contributed by atoms with E-state index in [2.05, 4.69) is 10.6 Å². The predicted octanol–water partition coefficient (Wildman–Crippen LogP) is 0.522. The van der Waals surface area contributed by atoms with E-state index >= 15 is 0 Å². The van der Waals surface area contributed by atoms with E-state index in [0.717, 1.165) is 0 Å². The first-order chi connectivity index (χ1) is 7.52. The fourth-order valence-electron chi connectivity index (χ4n) is 1.16. The fraction of sp³-hybridized carbons (Fsp3) is 0.636. The average Bonchev–Trinajstić information content (AvgIpc) is 2.23. The molecule has 3 N–H and O–H groups in total. The highest BCUT2D eigenvalue weighted by atomic mass is 16.4. The summed E-state index contributed by atoms with van der Waals surface area (Å²) in [5.74, 6) is -0.987. The van der Waals surface area contributed by atoms with Gasteiger partial charge in [-0.25, -0.2) is 4.79 Å². The van der Waals surface area contributed by atoms with Crippen molar-refractivity contribution >= 4 is 11.9 Å². The number of carboxylic acids is 1. The van der Waals surface area contributed by atoms with Gasteiger partial charge in [0, 0.05) is 18.7 Å². The van der Waals surface area contributed by atoms with E-state index in [-0.39, 0.29) is 11.9 Å². The largest absolute Gasteiger partial charge is 0.478 e. The zero-order chi connectivity index (χ0) is 12.6. The van der Waals surface area contributed by atoms with Gasteiger partial charge in [-0.1, -0.05) is 13.0 Å². The van der Waals surface area contributed by atoms with E-state index in [1.165, 1.54) is 0 Å². The van der Waals surface area contributed by atoms with Gasteiger partial charge in [0.15, 0.2) is 0 Å². The molecule has 0 aromatic heterocycles. The predicted molar refractivity (Wildman–Crippen MR) is 62.2 cm³/mol. The number of nitrogens with one attached hydrogen (secondary N) is 2. The first kappa shape index (κ1) is 14.6. The molecular formula is C11H20N2O3. The third-order valence-corrected chi connectivity index (χ3v) is 2.17. The van der Waals surface area contributed by atoms with Gasteiger partial charge in [-0.3, -0.25) is 4.79 Å². The lowest BCUT2D eigenvalue weighted by Gasteiger charge is -2.11. The maximum Gasteiger partial charge on any atom is 0.331 e. The third-order valence-electron chi connectivity index (χ3n) is 2.17. The Kier molecular flexibility index (Phi) is 7.20. The van der Waals surface area contributed by atoms with Crippen molar-refractivity contribution in [2.75, 3.05) is 13.1 Å². The van der Waals surface area contributed by atoms with Crippen LogP contribution in [0, 0.1) is 0 Å². The van der Waals surface area contributed by atoms with E-state index in [1.54, 1.807) is 19.9 Å². The normalized spacial score (nSPS) is 13.3. The van der Waals surface area contributed by atoms with Crippen LogP contribution in [0.2, 0.25) is 0 Å². The molecule has 0 aromatic carbocycles. The van der Waals surface area contributed by atoms with Crippen LogP contribution in [-0.4, -0.2) is 36.1 Å². The zero-order valence-electron chi connectivity index (χ0n) is 10.0. The molecule has 5 heteroatoms. The Morgan fingerprint density at radius 3 is 2.44 bits per heavy atom. The van der Waals surface area contributed by atoms with Gasteiger partial charge >= 0.3 is 5.97 Å². The summed E-state index contributed by atoms with van der Waals surface area (Å²) in [6.45, 7) is 6.35. The quantitative estimate of drug-likeness (QED) is 0.555. The molecule has 0 saturated carbocycles. The first-order valence-electron chi connectivity index (χ1n) is 5.46. The molecule has 0 aliphatic heterocycles. The van der Waals surface area contributed by atoms with Crippen LogP contribution in [0.15, 0.2) is 11.6 Å². The summed E-state index contributed by atoms with van der Waals surface area (Å²) in [6.07, 6.45) is 2.07. The molecule has 16 heavy (non-hydrogen) atoms. The number of carbonyl (C=O) groups is 2. The van der Waals surface area contributed by atoms with E-state index in [9.17, 15) is 9.59 Å². The van der Waals surface area contributed by atoms with Gasteiger partial charge in [-0.15, -0.1) is 0 Å². The molecule has 1 atom stereocenters. The fourth-order valence-corrected chi connectivity index (χ4v) is 1.16. The Labute approximate surface area is 95.9 Å². The average molecular weight is 228 g/mol. The van der Waals surface area contributed by atoms with Crippen molar-refractivity contribution in [2.45, 2.75) is 33.2 Å². The molecule has 1 unspecified atom stereocenters. The Balaban J connectivity index is 4.05. The van der Waals surface area contributed by atoms with E-state index in [1.807, 2.05) is 6.92 Å². The molecule has 0 rings (SSSR count). The van der Waals surface area contributed by atoms with Crippen LogP contribution in [0.1, 0.15) is 27.2 Å². The lowest BCUT2D eigenvalue weighted by molar-refractivity contribution is -0.132. The topological polar surface area (TPSA) is 78.4 Å². The number of amides is 1. The van der Waals surface area contributed by atoms with Crippen molar-refractivity contribution in [3.8, 4) is 0 Å². The maximum absolute atomic E-state index is 11.3. The van der Waals surface area contributed by atoms with Crippen LogP contribution in [0.4, 0.5) is 0 Å². The molecule has 0 aliphatic carbocycles. The molecule has 0 fully saturated rings. The summed E-state index contributed by atoms with van der Waals surface area (Å²) in [5.41, 5.74) is 0.357. The van der Waals surface area contributed by atoms with Crippen molar-refractivity contribution in [2.24, 2.45) is 0 Å². The van der Waals surface area contributed by atoms with Crippen LogP contribution >= 0.6 is 0 Å². The Morgan fingerprint density at radius 1 is 1.38 bits per heavy atom. The second-order valence-electron chi connectivity index (χ2n) is 3.41. The molecule has 0 radical (unpaired) electrons. The minimum absolute atomic E-state index is 0.0794. The van der Waals surface area contributed by atoms with Crippen LogP contribution in [0.5, 0.6) is 0 Å². The van der Waals surface area contributed by atoms with Crippen LogP contribution in [0.25, 0.3) is 0 Å². The van der Waals surface area contributed by atoms with Crippen molar-refractivity contribution in [1.82, 2.24) is 10.6 Å². The van der Waals surface area contributed by atoms with Gasteiger partial charge < -0.3 is 15.7 Å². The highest BCUT2D eigenvalue weighted by Crippen LogP contribution is 1.99. The number of likely N-dealkylation sites (N-methyl/N-ethyl adjacent to an activating group) is 1. The van der Waals surface area contributed by atoms with Crippen molar-refractivity contribution in [1.29, 1.82) is 0 Å². The van der Waals surface area contributed by atoms with Gasteiger partial charge in [-0.05, 0) is 20.3 Å². The molecule has 5 nitrogen and oxygen atoms in total. The number of carboxylic acid groups (broad SMARTS) is 1. The minimum atomic E-state index is -0.907. The zero-order valence-corrected chi connectivity index (χ0v) is 10.0. The summed E-state index contributed by atoms with van der Waals surface area (Å²) in [5, 5.41) is 14.4. The number of rotatable bonds is 7. The molecule has 0 saturated heterocycles. The summed E-state index contributed by atoms with van der Waals surface area (Å²) < 4.78 is 0. The molecule has 1 amide bonds. The SMILES string of the molecule is CCNC(=O)C(C)NC/C=C(/CC)C(=O)O. The summed E-state index contributed by atoms with van der Waals surface area (Å²) in [4.78, 5) is 22.0. The smallest absolute Gasteiger partial charge is 0.331 e. The van der Waals surface area contributed by atoms with E-state index in [4.69, 9.17) is 5.11 Å². The van der Waals surface area contributed by atoms with Gasteiger partial charge in [0.25, 0.3) is 0 Å². The van der Waals surface area contributed by atoms with Gasteiger partial charge in [0.1, 0.15) is 0 Å². The second-order valence-corrected chi connectivity index (χ2v) is 3.41. The lowest BCUT2D eigenvalue weighted by atomic mass is 10.2. The van der Waals surface area contributed by atoms with Crippen molar-refractivity contribution in [3.05, 3.63) is 11.6 Å². The first-order valence-corrected chi connectivity index (χ1v) is 5.46. The Bertz CT molecular complexity index is 274. The van der Waals surface area contributed by atoms with Gasteiger partial charge in [0.2, 0.25) is 5.91 Å². The monoisotopic (exact) mass is 228 g/mol. The summed E-state index contributed by atoms with van der Waals surface area (Å²) in [7, 11) is 0. The van der Waals surface area contributed by atoms with Crippen molar-refractivity contribution in [3.63, 3.8) is 0 Å². The summed E-state index contributed by atoms with van der Waals surface area (Å²) in [6, 6.07) is -0.317. The highest BCUT2D eigenvalue weighted by Gasteiger charge is 2.10. The van der Waals surface area contributed by atoms with Crippen LogP contribution < -0.4 is 10.6 Å². The number of carbonyl (C=O) groups excluding carboxylic acids is 1. The number of hydrogen-bond donors (Lipinski definition) is 3. The Hall–Kier alpha value is -1.36. The Morgan fingerprint density at radius 2 is 2.00 bits per heavy atom. The van der Waals surface area contributed by atoms with Crippen LogP contribution in [-0.2, 0) is 9.59 Å². The van der Waals surface area contributed by atoms with Crippen LogP contribution in [0.3, 0.4) is 0 Å². The van der Waals surface area contributed by atoms with Gasteiger partial charge in [0.05, 0.1) is 6.04 Å². The highest BCUT2D eigenvalue weighted by molar-refractivity contribution is 5.86. The standard InChI is InChI=1S/C11H20N2O3/c1-4-9(11(15)16)6-7-13-8(3)10(14)12-5-2/h6,8,13H,4-5,7H2,1-3H3,(H,12,14)(H,15,16)/b9-6-. The van der Waals surface area contributed by atoms with Crippen molar-refractivity contribution < 1.29 is 14.7 Å². The molecule has 92 valence electrons. The minimum Gasteiger partial charge on any atom is -0.478 e. The molecule has 0 aliphatic rings. The summed E-state index contributed by atoms with van der Waals surface area (Å²) >= 11 is 0.